The predicted molar refractivity (Wildman–Crippen MR) is 127 cm³/mol. The fourth-order valence-electron chi connectivity index (χ4n) is 3.10. The summed E-state index contributed by atoms with van der Waals surface area (Å²) in [6, 6.07) is 13.7. The third-order valence-electron chi connectivity index (χ3n) is 4.62. The summed E-state index contributed by atoms with van der Waals surface area (Å²) < 4.78 is 3.19. The topological polar surface area (TPSA) is 59.8 Å². The van der Waals surface area contributed by atoms with Crippen LogP contribution < -0.4 is 5.32 Å². The number of thioether (sulfide) groups is 1. The Balaban J connectivity index is 1.54. The van der Waals surface area contributed by atoms with Gasteiger partial charge in [0.05, 0.1) is 5.75 Å². The molecule has 0 radical (unpaired) electrons. The van der Waals surface area contributed by atoms with Crippen molar-refractivity contribution in [2.75, 3.05) is 11.1 Å². The van der Waals surface area contributed by atoms with E-state index in [0.29, 0.717) is 22.4 Å². The largest absolute Gasteiger partial charge is 0.325 e. The van der Waals surface area contributed by atoms with Gasteiger partial charge in [0, 0.05) is 38.3 Å². The van der Waals surface area contributed by atoms with Crippen molar-refractivity contribution in [2.24, 2.45) is 0 Å². The summed E-state index contributed by atoms with van der Waals surface area (Å²) in [5, 5.41) is 16.2. The lowest BCUT2D eigenvalue weighted by Crippen LogP contribution is -2.15. The predicted octanol–water partition coefficient (Wildman–Crippen LogP) is 6.04. The van der Waals surface area contributed by atoms with Crippen LogP contribution in [0.3, 0.4) is 0 Å². The normalized spacial score (nSPS) is 11.0. The summed E-state index contributed by atoms with van der Waals surface area (Å²) in [5.41, 5.74) is 2.60. The molecule has 30 heavy (non-hydrogen) atoms. The summed E-state index contributed by atoms with van der Waals surface area (Å²) in [7, 11) is 0. The monoisotopic (exact) mass is 454 g/mol. The highest BCUT2D eigenvalue weighted by Gasteiger charge is 2.18. The molecule has 8 heteroatoms. The molecule has 2 aromatic carbocycles. The number of carbonyl (C=O) groups is 1. The first-order valence-electron chi connectivity index (χ1n) is 9.27. The maximum atomic E-state index is 12.5. The number of hydrogen-bond acceptors (Lipinski definition) is 5. The van der Waals surface area contributed by atoms with Gasteiger partial charge < -0.3 is 5.32 Å². The molecule has 0 aliphatic heterocycles. The number of thiophene rings is 1. The number of anilines is 1. The highest BCUT2D eigenvalue weighted by atomic mass is 35.5. The molecule has 0 aliphatic carbocycles. The van der Waals surface area contributed by atoms with Gasteiger partial charge in [0.15, 0.2) is 11.0 Å². The van der Waals surface area contributed by atoms with Crippen molar-refractivity contribution in [3.8, 4) is 11.4 Å². The van der Waals surface area contributed by atoms with E-state index < -0.39 is 0 Å². The summed E-state index contributed by atoms with van der Waals surface area (Å²) in [6.07, 6.45) is 1.81. The van der Waals surface area contributed by atoms with Gasteiger partial charge in [-0.05, 0) is 30.7 Å². The summed E-state index contributed by atoms with van der Waals surface area (Å²) in [4.78, 5) is 12.5. The van der Waals surface area contributed by atoms with Gasteiger partial charge in [0.25, 0.3) is 0 Å². The van der Waals surface area contributed by atoms with Crippen LogP contribution in [0.4, 0.5) is 5.69 Å². The van der Waals surface area contributed by atoms with Gasteiger partial charge in [0.2, 0.25) is 5.91 Å². The van der Waals surface area contributed by atoms with E-state index >= 15 is 0 Å². The third kappa shape index (κ3) is 4.14. The minimum Gasteiger partial charge on any atom is -0.325 e. The van der Waals surface area contributed by atoms with Crippen molar-refractivity contribution >= 4 is 56.4 Å². The van der Waals surface area contributed by atoms with Gasteiger partial charge in [0.1, 0.15) is 0 Å². The van der Waals surface area contributed by atoms with Gasteiger partial charge in [-0.15, -0.1) is 28.1 Å². The SMILES string of the molecule is C=CCn1c(SCC(=O)Nc2cccc(Cl)c2C)nnc1-c1csc2ccccc12. The van der Waals surface area contributed by atoms with Gasteiger partial charge in [-0.3, -0.25) is 9.36 Å². The van der Waals surface area contributed by atoms with Gasteiger partial charge >= 0.3 is 0 Å². The average Bonchev–Trinajstić information content (AvgIpc) is 3.34. The molecular weight excluding hydrogens is 436 g/mol. The van der Waals surface area contributed by atoms with Crippen LogP contribution >= 0.6 is 34.7 Å². The molecule has 1 N–H and O–H groups in total. The molecule has 2 aromatic heterocycles. The van der Waals surface area contributed by atoms with E-state index in [-0.39, 0.29) is 11.7 Å². The fourth-order valence-corrected chi connectivity index (χ4v) is 4.96. The molecule has 0 unspecified atom stereocenters. The van der Waals surface area contributed by atoms with Gasteiger partial charge in [-0.1, -0.05) is 53.7 Å². The van der Waals surface area contributed by atoms with Crippen LogP contribution in [0, 0.1) is 6.92 Å². The maximum Gasteiger partial charge on any atom is 0.234 e. The molecule has 5 nitrogen and oxygen atoms in total. The van der Waals surface area contributed by atoms with Crippen LogP contribution in [0.2, 0.25) is 5.02 Å². The number of amides is 1. The van der Waals surface area contributed by atoms with Crippen LogP contribution in [0.1, 0.15) is 5.56 Å². The Hall–Kier alpha value is -2.61. The molecule has 0 bridgehead atoms. The van der Waals surface area contributed by atoms with Gasteiger partial charge in [-0.25, -0.2) is 0 Å². The van der Waals surface area contributed by atoms with E-state index in [9.17, 15) is 4.79 Å². The number of fused-ring (bicyclic) bond motifs is 1. The number of benzene rings is 2. The molecule has 1 amide bonds. The number of carbonyl (C=O) groups excluding carboxylic acids is 1. The van der Waals surface area contributed by atoms with Crippen molar-refractivity contribution in [3.63, 3.8) is 0 Å². The van der Waals surface area contributed by atoms with Gasteiger partial charge in [-0.2, -0.15) is 0 Å². The average molecular weight is 455 g/mol. The van der Waals surface area contributed by atoms with E-state index in [0.717, 1.165) is 22.3 Å². The van der Waals surface area contributed by atoms with Crippen LogP contribution in [-0.4, -0.2) is 26.4 Å². The molecule has 4 aromatic rings. The van der Waals surface area contributed by atoms with Crippen molar-refractivity contribution in [2.45, 2.75) is 18.6 Å². The van der Waals surface area contributed by atoms with Crippen LogP contribution in [-0.2, 0) is 11.3 Å². The van der Waals surface area contributed by atoms with Crippen LogP contribution in [0.15, 0.2) is 65.7 Å². The Morgan fingerprint density at radius 1 is 1.27 bits per heavy atom. The zero-order valence-corrected chi connectivity index (χ0v) is 18.7. The first kappa shape index (κ1) is 20.7. The summed E-state index contributed by atoms with van der Waals surface area (Å²) in [6.45, 7) is 6.29. The quantitative estimate of drug-likeness (QED) is 0.273. The summed E-state index contributed by atoms with van der Waals surface area (Å²) in [5.74, 6) is 0.869. The number of aromatic nitrogens is 3. The molecule has 0 saturated heterocycles. The Labute approximate surface area is 187 Å². The fraction of sp³-hybridized carbons (Fsp3) is 0.136. The number of nitrogens with one attached hydrogen (secondary N) is 1. The highest BCUT2D eigenvalue weighted by molar-refractivity contribution is 7.99. The maximum absolute atomic E-state index is 12.5. The number of hydrogen-bond donors (Lipinski definition) is 1. The number of halogens is 1. The Morgan fingerprint density at radius 2 is 2.10 bits per heavy atom. The Morgan fingerprint density at radius 3 is 2.93 bits per heavy atom. The van der Waals surface area contributed by atoms with E-state index in [1.54, 1.807) is 23.5 Å². The molecule has 152 valence electrons. The smallest absolute Gasteiger partial charge is 0.234 e. The van der Waals surface area contributed by atoms with Crippen molar-refractivity contribution in [3.05, 3.63) is 71.1 Å². The molecule has 0 atom stereocenters. The minimum absolute atomic E-state index is 0.124. The lowest BCUT2D eigenvalue weighted by molar-refractivity contribution is -0.113. The van der Waals surface area contributed by atoms with E-state index in [1.807, 2.05) is 35.8 Å². The first-order valence-corrected chi connectivity index (χ1v) is 11.5. The standard InChI is InChI=1S/C22H19ClN4OS2/c1-3-11-27-21(16-12-29-19-10-5-4-7-15(16)19)25-26-22(27)30-13-20(28)24-18-9-6-8-17(23)14(18)2/h3-10,12H,1,11,13H2,2H3,(H,24,28). The second-order valence-electron chi connectivity index (χ2n) is 6.60. The molecule has 4 rings (SSSR count). The molecule has 0 fully saturated rings. The lowest BCUT2D eigenvalue weighted by Gasteiger charge is -2.10. The van der Waals surface area contributed by atoms with E-state index in [1.165, 1.54) is 16.5 Å². The zero-order chi connectivity index (χ0) is 21.1. The Kier molecular flexibility index (Phi) is 6.22. The number of nitrogens with zero attached hydrogens (tertiary/aromatic N) is 3. The summed E-state index contributed by atoms with van der Waals surface area (Å²) >= 11 is 9.16. The first-order chi connectivity index (χ1) is 14.6. The molecule has 0 saturated carbocycles. The van der Waals surface area contributed by atoms with E-state index in [2.05, 4.69) is 39.6 Å². The molecule has 2 heterocycles. The third-order valence-corrected chi connectivity index (χ3v) is 6.96. The lowest BCUT2D eigenvalue weighted by atomic mass is 10.1. The van der Waals surface area contributed by atoms with Crippen molar-refractivity contribution in [1.29, 1.82) is 0 Å². The minimum atomic E-state index is -0.124. The van der Waals surface area contributed by atoms with Crippen LogP contribution in [0.5, 0.6) is 0 Å². The number of rotatable bonds is 7. The van der Waals surface area contributed by atoms with Crippen LogP contribution in [0.25, 0.3) is 21.5 Å². The van der Waals surface area contributed by atoms with Crippen molar-refractivity contribution < 1.29 is 4.79 Å². The Bertz CT molecular complexity index is 1230. The molecule has 0 aliphatic rings. The van der Waals surface area contributed by atoms with E-state index in [4.69, 9.17) is 11.6 Å². The molecule has 0 spiro atoms. The molecular formula is C22H19ClN4OS2. The highest BCUT2D eigenvalue weighted by Crippen LogP contribution is 2.34. The second kappa shape index (κ2) is 9.04. The second-order valence-corrected chi connectivity index (χ2v) is 8.86. The zero-order valence-electron chi connectivity index (χ0n) is 16.3. The van der Waals surface area contributed by atoms with Crippen molar-refractivity contribution in [1.82, 2.24) is 14.8 Å². The number of allylic oxidation sites excluding steroid dienone is 1.